The standard InChI is InChI=1S/C30H29N5O/c1-20-5-12-27-25(17-20)32-29(35(27)19-21-13-15-33(18-21)30(36)24-10-11-24)23-8-6-22(7-9-23)26-3-2-4-28-31-14-16-34(26)28/h2-9,12,14,16-17,21,24H,10-11,13,15,18-19H2,1H3/t21-/m1/s1. The highest BCUT2D eigenvalue weighted by atomic mass is 16.2. The fraction of sp³-hybridized carbons (Fsp3) is 0.300. The Morgan fingerprint density at radius 1 is 1.00 bits per heavy atom. The van der Waals surface area contributed by atoms with Crippen molar-refractivity contribution in [1.29, 1.82) is 0 Å². The molecule has 0 radical (unpaired) electrons. The van der Waals surface area contributed by atoms with Crippen molar-refractivity contribution in [2.45, 2.75) is 32.7 Å². The van der Waals surface area contributed by atoms with Crippen molar-refractivity contribution in [1.82, 2.24) is 23.8 Å². The molecule has 5 aromatic rings. The molecule has 1 atom stereocenters. The van der Waals surface area contributed by atoms with Crippen molar-refractivity contribution in [3.63, 3.8) is 0 Å². The minimum Gasteiger partial charge on any atom is -0.342 e. The molecule has 180 valence electrons. The van der Waals surface area contributed by atoms with Gasteiger partial charge in [0.05, 0.1) is 16.7 Å². The maximum atomic E-state index is 12.6. The number of carbonyl (C=O) groups excluding carboxylic acids is 1. The number of rotatable bonds is 5. The number of pyridine rings is 1. The van der Waals surface area contributed by atoms with Gasteiger partial charge in [0.2, 0.25) is 5.91 Å². The average Bonchev–Trinajstić information content (AvgIpc) is 3.29. The van der Waals surface area contributed by atoms with Gasteiger partial charge in [-0.25, -0.2) is 9.97 Å². The summed E-state index contributed by atoms with van der Waals surface area (Å²) in [6.45, 7) is 4.73. The van der Waals surface area contributed by atoms with Gasteiger partial charge < -0.3 is 9.47 Å². The lowest BCUT2D eigenvalue weighted by Gasteiger charge is -2.18. The number of aromatic nitrogens is 4. The Balaban J connectivity index is 1.23. The number of likely N-dealkylation sites (tertiary alicyclic amines) is 1. The van der Waals surface area contributed by atoms with E-state index in [1.807, 2.05) is 24.5 Å². The lowest BCUT2D eigenvalue weighted by Crippen LogP contribution is -2.30. The maximum absolute atomic E-state index is 12.6. The van der Waals surface area contributed by atoms with E-state index in [1.54, 1.807) is 0 Å². The van der Waals surface area contributed by atoms with Gasteiger partial charge in [0, 0.05) is 43.5 Å². The molecule has 2 aromatic carbocycles. The third-order valence-electron chi connectivity index (χ3n) is 7.74. The Kier molecular flexibility index (Phi) is 4.94. The molecule has 36 heavy (non-hydrogen) atoms. The molecule has 1 aliphatic carbocycles. The summed E-state index contributed by atoms with van der Waals surface area (Å²) in [5.74, 6) is 2.11. The molecular formula is C30H29N5O. The first-order valence-corrected chi connectivity index (χ1v) is 12.9. The van der Waals surface area contributed by atoms with Crippen molar-refractivity contribution in [3.8, 4) is 22.6 Å². The quantitative estimate of drug-likeness (QED) is 0.333. The van der Waals surface area contributed by atoms with E-state index in [-0.39, 0.29) is 0 Å². The molecule has 6 heteroatoms. The van der Waals surface area contributed by atoms with E-state index in [4.69, 9.17) is 4.98 Å². The van der Waals surface area contributed by atoms with Crippen molar-refractivity contribution in [3.05, 3.63) is 78.6 Å². The number of hydrogen-bond acceptors (Lipinski definition) is 3. The largest absolute Gasteiger partial charge is 0.342 e. The summed E-state index contributed by atoms with van der Waals surface area (Å²) in [5.41, 5.74) is 7.72. The van der Waals surface area contributed by atoms with Gasteiger partial charge in [-0.05, 0) is 67.5 Å². The summed E-state index contributed by atoms with van der Waals surface area (Å²) in [5, 5.41) is 0. The smallest absolute Gasteiger partial charge is 0.225 e. The lowest BCUT2D eigenvalue weighted by atomic mass is 10.1. The van der Waals surface area contributed by atoms with E-state index in [1.165, 1.54) is 5.56 Å². The van der Waals surface area contributed by atoms with Crippen LogP contribution in [-0.4, -0.2) is 42.8 Å². The Morgan fingerprint density at radius 3 is 2.67 bits per heavy atom. The van der Waals surface area contributed by atoms with E-state index >= 15 is 0 Å². The van der Waals surface area contributed by atoms with Crippen molar-refractivity contribution in [2.24, 2.45) is 11.8 Å². The molecule has 0 unspecified atom stereocenters. The number of aryl methyl sites for hydroxylation is 1. The van der Waals surface area contributed by atoms with Crippen LogP contribution in [0.4, 0.5) is 0 Å². The van der Waals surface area contributed by atoms with Gasteiger partial charge in [-0.1, -0.05) is 36.4 Å². The van der Waals surface area contributed by atoms with E-state index in [9.17, 15) is 4.79 Å². The van der Waals surface area contributed by atoms with Crippen LogP contribution in [0.25, 0.3) is 39.3 Å². The van der Waals surface area contributed by atoms with Gasteiger partial charge in [-0.2, -0.15) is 0 Å². The number of benzene rings is 2. The summed E-state index contributed by atoms with van der Waals surface area (Å²) in [4.78, 5) is 24.2. The first-order chi connectivity index (χ1) is 17.6. The van der Waals surface area contributed by atoms with Gasteiger partial charge in [0.1, 0.15) is 11.5 Å². The van der Waals surface area contributed by atoms with Crippen LogP contribution in [0.15, 0.2) is 73.1 Å². The molecule has 0 spiro atoms. The number of carbonyl (C=O) groups is 1. The second-order valence-electron chi connectivity index (χ2n) is 10.4. The predicted octanol–water partition coefficient (Wildman–Crippen LogP) is 5.58. The summed E-state index contributed by atoms with van der Waals surface area (Å²) in [7, 11) is 0. The van der Waals surface area contributed by atoms with E-state index < -0.39 is 0 Å². The van der Waals surface area contributed by atoms with Gasteiger partial charge in [-0.3, -0.25) is 9.20 Å². The molecule has 6 nitrogen and oxygen atoms in total. The van der Waals surface area contributed by atoms with Crippen LogP contribution in [0.1, 0.15) is 24.8 Å². The van der Waals surface area contributed by atoms with Crippen LogP contribution in [0, 0.1) is 18.8 Å². The van der Waals surface area contributed by atoms with Gasteiger partial charge in [-0.15, -0.1) is 0 Å². The number of imidazole rings is 2. The average molecular weight is 476 g/mol. The Labute approximate surface area is 210 Å². The minimum atomic E-state index is 0.294. The molecule has 0 N–H and O–H groups in total. The number of amides is 1. The molecule has 2 fully saturated rings. The second kappa shape index (κ2) is 8.33. The Bertz CT molecular complexity index is 1590. The highest BCUT2D eigenvalue weighted by molar-refractivity contribution is 5.82. The molecule has 3 aromatic heterocycles. The van der Waals surface area contributed by atoms with Gasteiger partial charge in [0.25, 0.3) is 0 Å². The van der Waals surface area contributed by atoms with Crippen LogP contribution in [-0.2, 0) is 11.3 Å². The third kappa shape index (κ3) is 3.68. The van der Waals surface area contributed by atoms with Crippen LogP contribution < -0.4 is 0 Å². The van der Waals surface area contributed by atoms with Gasteiger partial charge in [0.15, 0.2) is 0 Å². The monoisotopic (exact) mass is 475 g/mol. The van der Waals surface area contributed by atoms with Crippen LogP contribution in [0.2, 0.25) is 0 Å². The number of fused-ring (bicyclic) bond motifs is 2. The van der Waals surface area contributed by atoms with Crippen molar-refractivity contribution >= 4 is 22.6 Å². The first kappa shape index (κ1) is 21.4. The summed E-state index contributed by atoms with van der Waals surface area (Å²) in [6, 6.07) is 21.4. The highest BCUT2D eigenvalue weighted by Crippen LogP contribution is 2.34. The molecule has 7 rings (SSSR count). The fourth-order valence-electron chi connectivity index (χ4n) is 5.65. The van der Waals surface area contributed by atoms with Crippen molar-refractivity contribution in [2.75, 3.05) is 13.1 Å². The van der Waals surface area contributed by atoms with Crippen LogP contribution in [0.3, 0.4) is 0 Å². The number of nitrogens with zero attached hydrogens (tertiary/aromatic N) is 5. The predicted molar refractivity (Wildman–Crippen MR) is 142 cm³/mol. The van der Waals surface area contributed by atoms with E-state index in [2.05, 4.69) is 74.3 Å². The van der Waals surface area contributed by atoms with Crippen molar-refractivity contribution < 1.29 is 4.79 Å². The minimum absolute atomic E-state index is 0.294. The molecule has 4 heterocycles. The van der Waals surface area contributed by atoms with Crippen LogP contribution in [0.5, 0.6) is 0 Å². The molecular weight excluding hydrogens is 446 g/mol. The Morgan fingerprint density at radius 2 is 1.83 bits per heavy atom. The van der Waals surface area contributed by atoms with Gasteiger partial charge >= 0.3 is 0 Å². The zero-order chi connectivity index (χ0) is 24.2. The zero-order valence-electron chi connectivity index (χ0n) is 20.5. The lowest BCUT2D eigenvalue weighted by molar-refractivity contribution is -0.131. The highest BCUT2D eigenvalue weighted by Gasteiger charge is 2.36. The molecule has 1 aliphatic heterocycles. The molecule has 1 saturated heterocycles. The first-order valence-electron chi connectivity index (χ1n) is 12.9. The number of hydrogen-bond donors (Lipinski definition) is 0. The van der Waals surface area contributed by atoms with Crippen LogP contribution >= 0.6 is 0 Å². The Hall–Kier alpha value is -3.93. The normalized spacial score (nSPS) is 17.9. The molecule has 1 saturated carbocycles. The summed E-state index contributed by atoms with van der Waals surface area (Å²) in [6.07, 6.45) is 7.03. The molecule has 1 amide bonds. The molecule has 0 bridgehead atoms. The SMILES string of the molecule is Cc1ccc2c(c1)nc(-c1ccc(-c3cccc4nccn34)cc1)n2C[C@@H]1CCN(C(=O)C2CC2)C1. The topological polar surface area (TPSA) is 55.4 Å². The van der Waals surface area contributed by atoms with E-state index in [0.717, 1.165) is 78.2 Å². The zero-order valence-corrected chi connectivity index (χ0v) is 20.5. The maximum Gasteiger partial charge on any atom is 0.225 e. The summed E-state index contributed by atoms with van der Waals surface area (Å²) < 4.78 is 4.48. The second-order valence-corrected chi connectivity index (χ2v) is 10.4. The summed E-state index contributed by atoms with van der Waals surface area (Å²) >= 11 is 0. The van der Waals surface area contributed by atoms with E-state index in [0.29, 0.717) is 17.7 Å². The third-order valence-corrected chi connectivity index (χ3v) is 7.74. The molecule has 2 aliphatic rings. The fourth-order valence-corrected chi connectivity index (χ4v) is 5.65.